The predicted molar refractivity (Wildman–Crippen MR) is 67.0 cm³/mol. The number of aliphatic hydroxyl groups is 3. The van der Waals surface area contributed by atoms with Gasteiger partial charge in [0.05, 0.1) is 19.3 Å². The molecular weight excluding hydrogens is 250 g/mol. The van der Waals surface area contributed by atoms with Crippen LogP contribution in [0.3, 0.4) is 0 Å². The summed E-state index contributed by atoms with van der Waals surface area (Å²) in [6.07, 6.45) is -4.06. The minimum Gasteiger partial charge on any atom is -0.394 e. The van der Waals surface area contributed by atoms with Gasteiger partial charge in [-0.1, -0.05) is 30.3 Å². The van der Waals surface area contributed by atoms with E-state index in [1.54, 1.807) is 0 Å². The molecule has 1 fully saturated rings. The topological polar surface area (TPSA) is 105 Å². The number of nitrogens with two attached hydrogens (primary N) is 1. The molecule has 0 aliphatic carbocycles. The standard InChI is InChI=1S/C13H19NO5/c14-10-11(16)9(6-15)19-13(12(10)17)18-7-8-4-2-1-3-5-8/h1-5,9-13,15-17H,6-7,14H2. The minimum atomic E-state index is -1.14. The van der Waals surface area contributed by atoms with Crippen molar-refractivity contribution >= 4 is 0 Å². The minimum absolute atomic E-state index is 0.254. The summed E-state index contributed by atoms with van der Waals surface area (Å²) in [4.78, 5) is 0. The second-order valence-corrected chi connectivity index (χ2v) is 4.58. The SMILES string of the molecule is NC1C(O)C(CO)OC(OCc2ccccc2)C1O. The first-order valence-corrected chi connectivity index (χ1v) is 6.17. The molecule has 6 heteroatoms. The second kappa shape index (κ2) is 6.42. The van der Waals surface area contributed by atoms with Crippen LogP contribution in [0.2, 0.25) is 0 Å². The molecule has 19 heavy (non-hydrogen) atoms. The molecule has 5 unspecified atom stereocenters. The molecule has 0 radical (unpaired) electrons. The zero-order valence-electron chi connectivity index (χ0n) is 10.4. The van der Waals surface area contributed by atoms with E-state index in [-0.39, 0.29) is 13.2 Å². The molecule has 0 saturated carbocycles. The molecule has 1 aromatic rings. The largest absolute Gasteiger partial charge is 0.394 e. The lowest BCUT2D eigenvalue weighted by molar-refractivity contribution is -0.279. The van der Waals surface area contributed by atoms with Gasteiger partial charge in [-0.25, -0.2) is 0 Å². The van der Waals surface area contributed by atoms with E-state index in [1.807, 2.05) is 30.3 Å². The fourth-order valence-corrected chi connectivity index (χ4v) is 2.01. The monoisotopic (exact) mass is 269 g/mol. The third kappa shape index (κ3) is 3.30. The fourth-order valence-electron chi connectivity index (χ4n) is 2.01. The molecule has 106 valence electrons. The van der Waals surface area contributed by atoms with Crippen molar-refractivity contribution < 1.29 is 24.8 Å². The molecule has 1 saturated heterocycles. The highest BCUT2D eigenvalue weighted by molar-refractivity contribution is 5.13. The Balaban J connectivity index is 1.95. The maximum absolute atomic E-state index is 9.88. The summed E-state index contributed by atoms with van der Waals surface area (Å²) >= 11 is 0. The number of rotatable bonds is 4. The Bertz CT molecular complexity index is 386. The van der Waals surface area contributed by atoms with Crippen LogP contribution in [0.1, 0.15) is 5.56 Å². The Morgan fingerprint density at radius 2 is 1.84 bits per heavy atom. The second-order valence-electron chi connectivity index (χ2n) is 4.58. The van der Waals surface area contributed by atoms with Crippen LogP contribution in [0, 0.1) is 0 Å². The number of ether oxygens (including phenoxy) is 2. The summed E-state index contributed by atoms with van der Waals surface area (Å²) < 4.78 is 10.8. The molecule has 0 bridgehead atoms. The van der Waals surface area contributed by atoms with Gasteiger partial charge >= 0.3 is 0 Å². The number of hydrogen-bond donors (Lipinski definition) is 4. The summed E-state index contributed by atoms with van der Waals surface area (Å²) in [6.45, 7) is -0.129. The molecule has 6 nitrogen and oxygen atoms in total. The zero-order chi connectivity index (χ0) is 13.8. The van der Waals surface area contributed by atoms with Gasteiger partial charge < -0.3 is 30.5 Å². The van der Waals surface area contributed by atoms with E-state index in [0.29, 0.717) is 0 Å². The van der Waals surface area contributed by atoms with Crippen molar-refractivity contribution in [3.63, 3.8) is 0 Å². The number of hydrogen-bond acceptors (Lipinski definition) is 6. The van der Waals surface area contributed by atoms with Crippen LogP contribution in [-0.2, 0) is 16.1 Å². The first kappa shape index (κ1) is 14.4. The molecule has 0 amide bonds. The lowest BCUT2D eigenvalue weighted by atomic mass is 9.97. The Kier molecular flexibility index (Phi) is 4.87. The Hall–Kier alpha value is -1.02. The smallest absolute Gasteiger partial charge is 0.186 e. The summed E-state index contributed by atoms with van der Waals surface area (Å²) in [6, 6.07) is 8.50. The van der Waals surface area contributed by atoms with Gasteiger partial charge in [-0.3, -0.25) is 0 Å². The maximum atomic E-state index is 9.88. The van der Waals surface area contributed by atoms with Crippen molar-refractivity contribution in [2.24, 2.45) is 5.73 Å². The van der Waals surface area contributed by atoms with Gasteiger partial charge in [-0.15, -0.1) is 0 Å². The molecular formula is C13H19NO5. The van der Waals surface area contributed by atoms with Gasteiger partial charge in [0, 0.05) is 0 Å². The zero-order valence-corrected chi connectivity index (χ0v) is 10.4. The lowest BCUT2D eigenvalue weighted by Gasteiger charge is -2.40. The molecule has 0 aromatic heterocycles. The summed E-state index contributed by atoms with van der Waals surface area (Å²) in [7, 11) is 0. The molecule has 1 aliphatic heterocycles. The molecule has 5 atom stereocenters. The quantitative estimate of drug-likeness (QED) is 0.557. The Morgan fingerprint density at radius 1 is 1.16 bits per heavy atom. The highest BCUT2D eigenvalue weighted by atomic mass is 16.7. The van der Waals surface area contributed by atoms with Crippen molar-refractivity contribution in [2.45, 2.75) is 37.3 Å². The van der Waals surface area contributed by atoms with Crippen LogP contribution in [0.25, 0.3) is 0 Å². The van der Waals surface area contributed by atoms with Crippen LogP contribution in [-0.4, -0.2) is 52.6 Å². The van der Waals surface area contributed by atoms with Crippen molar-refractivity contribution in [1.29, 1.82) is 0 Å². The summed E-state index contributed by atoms with van der Waals surface area (Å²) in [5, 5.41) is 28.7. The molecule has 1 heterocycles. The van der Waals surface area contributed by atoms with Crippen molar-refractivity contribution in [1.82, 2.24) is 0 Å². The van der Waals surface area contributed by atoms with Crippen LogP contribution in [0.5, 0.6) is 0 Å². The first-order valence-electron chi connectivity index (χ1n) is 6.17. The molecule has 1 aromatic carbocycles. The van der Waals surface area contributed by atoms with Gasteiger partial charge in [0.2, 0.25) is 0 Å². The van der Waals surface area contributed by atoms with Gasteiger partial charge in [0.1, 0.15) is 18.3 Å². The van der Waals surface area contributed by atoms with Gasteiger partial charge in [0.15, 0.2) is 6.29 Å². The van der Waals surface area contributed by atoms with Gasteiger partial charge in [0.25, 0.3) is 0 Å². The van der Waals surface area contributed by atoms with E-state index >= 15 is 0 Å². The summed E-state index contributed by atoms with van der Waals surface area (Å²) in [5.74, 6) is 0. The van der Waals surface area contributed by atoms with E-state index in [4.69, 9.17) is 20.3 Å². The third-order valence-electron chi connectivity index (χ3n) is 3.19. The van der Waals surface area contributed by atoms with Crippen molar-refractivity contribution in [3.8, 4) is 0 Å². The van der Waals surface area contributed by atoms with Crippen LogP contribution in [0.15, 0.2) is 30.3 Å². The average molecular weight is 269 g/mol. The summed E-state index contributed by atoms with van der Waals surface area (Å²) in [5.41, 5.74) is 6.61. The van der Waals surface area contributed by atoms with E-state index in [1.165, 1.54) is 0 Å². The Morgan fingerprint density at radius 3 is 2.47 bits per heavy atom. The lowest BCUT2D eigenvalue weighted by Crippen LogP contribution is -2.62. The first-order chi connectivity index (χ1) is 9.13. The van der Waals surface area contributed by atoms with Crippen LogP contribution < -0.4 is 5.73 Å². The van der Waals surface area contributed by atoms with Crippen LogP contribution >= 0.6 is 0 Å². The fraction of sp³-hybridized carbons (Fsp3) is 0.538. The molecule has 2 rings (SSSR count). The predicted octanol–water partition coefficient (Wildman–Crippen LogP) is -1.03. The van der Waals surface area contributed by atoms with Gasteiger partial charge in [-0.05, 0) is 5.56 Å². The molecule has 5 N–H and O–H groups in total. The third-order valence-corrected chi connectivity index (χ3v) is 3.19. The number of benzene rings is 1. The number of aliphatic hydroxyl groups excluding tert-OH is 3. The van der Waals surface area contributed by atoms with Gasteiger partial charge in [-0.2, -0.15) is 0 Å². The average Bonchev–Trinajstić information content (AvgIpc) is 2.45. The maximum Gasteiger partial charge on any atom is 0.186 e. The van der Waals surface area contributed by atoms with E-state index in [0.717, 1.165) is 5.56 Å². The van der Waals surface area contributed by atoms with Crippen LogP contribution in [0.4, 0.5) is 0 Å². The van der Waals surface area contributed by atoms with E-state index in [2.05, 4.69) is 0 Å². The molecule has 0 spiro atoms. The van der Waals surface area contributed by atoms with E-state index < -0.39 is 30.6 Å². The Labute approximate surface area is 111 Å². The van der Waals surface area contributed by atoms with E-state index in [9.17, 15) is 10.2 Å². The highest BCUT2D eigenvalue weighted by Crippen LogP contribution is 2.21. The normalized spacial score (nSPS) is 35.3. The van der Waals surface area contributed by atoms with Crippen molar-refractivity contribution in [2.75, 3.05) is 6.61 Å². The van der Waals surface area contributed by atoms with Crippen molar-refractivity contribution in [3.05, 3.63) is 35.9 Å². The highest BCUT2D eigenvalue weighted by Gasteiger charge is 2.42. The molecule has 1 aliphatic rings.